The van der Waals surface area contributed by atoms with Crippen molar-refractivity contribution in [3.05, 3.63) is 109 Å². The topological polar surface area (TPSA) is 90.5 Å². The number of amides is 1. The van der Waals surface area contributed by atoms with E-state index in [1.54, 1.807) is 11.7 Å². The molecular formula is C28H27N5O3S. The summed E-state index contributed by atoms with van der Waals surface area (Å²) in [5.41, 5.74) is 3.97. The van der Waals surface area contributed by atoms with E-state index in [0.717, 1.165) is 23.4 Å². The van der Waals surface area contributed by atoms with Crippen LogP contribution in [-0.4, -0.2) is 27.4 Å². The summed E-state index contributed by atoms with van der Waals surface area (Å²) in [6.07, 6.45) is 3.78. The highest BCUT2D eigenvalue weighted by Crippen LogP contribution is 2.31. The van der Waals surface area contributed by atoms with Gasteiger partial charge in [0, 0.05) is 24.0 Å². The predicted octanol–water partition coefficient (Wildman–Crippen LogP) is 3.41. The number of nitrogens with one attached hydrogen (secondary N) is 1. The number of anilines is 1. The fourth-order valence-electron chi connectivity index (χ4n) is 4.41. The molecule has 188 valence electrons. The highest BCUT2D eigenvalue weighted by molar-refractivity contribution is 7.07. The molecule has 2 aromatic carbocycles. The molecule has 0 bridgehead atoms. The van der Waals surface area contributed by atoms with Gasteiger partial charge in [0.1, 0.15) is 5.75 Å². The zero-order chi connectivity index (χ0) is 26.1. The number of thiazole rings is 1. The van der Waals surface area contributed by atoms with Crippen LogP contribution in [-0.2, 0) is 11.3 Å². The number of methoxy groups -OCH3 is 1. The van der Waals surface area contributed by atoms with E-state index >= 15 is 0 Å². The highest BCUT2D eigenvalue weighted by atomic mass is 32.1. The Morgan fingerprint density at radius 3 is 2.51 bits per heavy atom. The van der Waals surface area contributed by atoms with Gasteiger partial charge >= 0.3 is 0 Å². The zero-order valence-electron chi connectivity index (χ0n) is 21.1. The quantitative estimate of drug-likeness (QED) is 0.428. The molecule has 8 nitrogen and oxygen atoms in total. The number of nitrogens with zero attached hydrogens (tertiary/aromatic N) is 4. The molecular weight excluding hydrogens is 486 g/mol. The summed E-state index contributed by atoms with van der Waals surface area (Å²) >= 11 is 1.31. The molecule has 1 aliphatic rings. The summed E-state index contributed by atoms with van der Waals surface area (Å²) in [5, 5.41) is 7.45. The van der Waals surface area contributed by atoms with E-state index < -0.39 is 6.04 Å². The normalized spacial score (nSPS) is 15.4. The molecule has 1 amide bonds. The van der Waals surface area contributed by atoms with Crippen LogP contribution >= 0.6 is 11.3 Å². The third kappa shape index (κ3) is 4.65. The number of allylic oxidation sites excluding steroid dienone is 1. The smallest absolute Gasteiger partial charge is 0.271 e. The van der Waals surface area contributed by atoms with Crippen molar-refractivity contribution in [2.24, 2.45) is 4.99 Å². The maximum Gasteiger partial charge on any atom is 0.271 e. The van der Waals surface area contributed by atoms with Crippen LogP contribution in [0.25, 0.3) is 6.08 Å². The lowest BCUT2D eigenvalue weighted by molar-refractivity contribution is -0.113. The number of aryl methyl sites for hydroxylation is 2. The van der Waals surface area contributed by atoms with Gasteiger partial charge in [0.15, 0.2) is 4.80 Å². The van der Waals surface area contributed by atoms with Crippen molar-refractivity contribution in [1.29, 1.82) is 0 Å². The molecule has 0 saturated carbocycles. The van der Waals surface area contributed by atoms with Crippen LogP contribution < -0.4 is 24.9 Å². The van der Waals surface area contributed by atoms with E-state index in [1.165, 1.54) is 11.3 Å². The number of benzene rings is 2. The van der Waals surface area contributed by atoms with E-state index in [0.29, 0.717) is 32.0 Å². The fraction of sp³-hybridized carbons (Fsp3) is 0.214. The van der Waals surface area contributed by atoms with Crippen LogP contribution in [0.5, 0.6) is 5.75 Å². The number of fused-ring (bicyclic) bond motifs is 1. The molecule has 37 heavy (non-hydrogen) atoms. The second kappa shape index (κ2) is 10.0. The number of rotatable bonds is 6. The molecule has 1 unspecified atom stereocenters. The van der Waals surface area contributed by atoms with Gasteiger partial charge in [0.2, 0.25) is 0 Å². The third-order valence-corrected chi connectivity index (χ3v) is 7.31. The van der Waals surface area contributed by atoms with Gasteiger partial charge in [-0.3, -0.25) is 18.8 Å². The average Bonchev–Trinajstić information content (AvgIpc) is 3.42. The minimum atomic E-state index is -0.646. The van der Waals surface area contributed by atoms with Crippen molar-refractivity contribution < 1.29 is 9.53 Å². The van der Waals surface area contributed by atoms with Gasteiger partial charge in [-0.05, 0) is 56.7 Å². The largest absolute Gasteiger partial charge is 0.497 e. The van der Waals surface area contributed by atoms with E-state index in [4.69, 9.17) is 9.73 Å². The minimum Gasteiger partial charge on any atom is -0.497 e. The Kier molecular flexibility index (Phi) is 6.62. The van der Waals surface area contributed by atoms with Crippen LogP contribution in [0.15, 0.2) is 81.9 Å². The molecule has 2 aromatic heterocycles. The van der Waals surface area contributed by atoms with Gasteiger partial charge in [-0.1, -0.05) is 41.7 Å². The van der Waals surface area contributed by atoms with Crippen molar-refractivity contribution in [3.8, 4) is 5.75 Å². The summed E-state index contributed by atoms with van der Waals surface area (Å²) < 4.78 is 9.32. The number of aromatic nitrogens is 3. The predicted molar refractivity (Wildman–Crippen MR) is 144 cm³/mol. The van der Waals surface area contributed by atoms with Gasteiger partial charge in [0.05, 0.1) is 34.6 Å². The van der Waals surface area contributed by atoms with Crippen molar-refractivity contribution in [1.82, 2.24) is 14.3 Å². The Balaban J connectivity index is 1.67. The number of carbonyl (C=O) groups excluding carboxylic acids is 1. The molecule has 0 spiro atoms. The summed E-state index contributed by atoms with van der Waals surface area (Å²) in [7, 11) is 1.60. The fourth-order valence-corrected chi connectivity index (χ4v) is 5.45. The van der Waals surface area contributed by atoms with E-state index in [9.17, 15) is 9.59 Å². The second-order valence-electron chi connectivity index (χ2n) is 8.70. The van der Waals surface area contributed by atoms with Gasteiger partial charge in [-0.15, -0.1) is 0 Å². The lowest BCUT2D eigenvalue weighted by Crippen LogP contribution is -2.40. The maximum absolute atomic E-state index is 13.8. The van der Waals surface area contributed by atoms with Gasteiger partial charge in [-0.2, -0.15) is 5.10 Å². The molecule has 0 aliphatic carbocycles. The van der Waals surface area contributed by atoms with Crippen LogP contribution in [0.1, 0.15) is 36.7 Å². The highest BCUT2D eigenvalue weighted by Gasteiger charge is 2.32. The monoisotopic (exact) mass is 513 g/mol. The van der Waals surface area contributed by atoms with Crippen molar-refractivity contribution >= 4 is 29.0 Å². The van der Waals surface area contributed by atoms with Gasteiger partial charge < -0.3 is 10.1 Å². The summed E-state index contributed by atoms with van der Waals surface area (Å²) in [4.78, 5) is 32.7. The number of para-hydroxylation sites is 1. The SMILES string of the molecule is CCn1cc(C=c2sc3n(c2=O)C(c2ccc(OC)cc2)C(C(=O)Nc2ccccc2)=C(C)N=3)c(C)n1. The van der Waals surface area contributed by atoms with Crippen LogP contribution in [0, 0.1) is 6.92 Å². The van der Waals surface area contributed by atoms with Crippen LogP contribution in [0.3, 0.4) is 0 Å². The molecule has 5 rings (SSSR count). The first-order valence-electron chi connectivity index (χ1n) is 12.0. The molecule has 0 radical (unpaired) electrons. The number of hydrogen-bond acceptors (Lipinski definition) is 6. The first kappa shape index (κ1) is 24.5. The van der Waals surface area contributed by atoms with Crippen LogP contribution in [0.4, 0.5) is 5.69 Å². The average molecular weight is 514 g/mol. The molecule has 1 atom stereocenters. The molecule has 1 aliphatic heterocycles. The van der Waals surface area contributed by atoms with Crippen LogP contribution in [0.2, 0.25) is 0 Å². The molecule has 9 heteroatoms. The minimum absolute atomic E-state index is 0.203. The van der Waals surface area contributed by atoms with Gasteiger partial charge in [-0.25, -0.2) is 4.99 Å². The molecule has 1 N–H and O–H groups in total. The summed E-state index contributed by atoms with van der Waals surface area (Å²) in [6, 6.07) is 16.0. The Morgan fingerprint density at radius 2 is 1.86 bits per heavy atom. The van der Waals surface area contributed by atoms with E-state index in [-0.39, 0.29) is 11.5 Å². The summed E-state index contributed by atoms with van der Waals surface area (Å²) in [6.45, 7) is 6.49. The number of carbonyl (C=O) groups is 1. The molecule has 0 fully saturated rings. The Bertz CT molecular complexity index is 1680. The van der Waals surface area contributed by atoms with Crippen molar-refractivity contribution in [2.45, 2.75) is 33.4 Å². The van der Waals surface area contributed by atoms with Crippen molar-refractivity contribution in [2.75, 3.05) is 12.4 Å². The van der Waals surface area contributed by atoms with E-state index in [1.807, 2.05) is 92.3 Å². The zero-order valence-corrected chi connectivity index (χ0v) is 21.9. The Morgan fingerprint density at radius 1 is 1.14 bits per heavy atom. The van der Waals surface area contributed by atoms with Crippen molar-refractivity contribution in [3.63, 3.8) is 0 Å². The molecule has 3 heterocycles. The summed E-state index contributed by atoms with van der Waals surface area (Å²) in [5.74, 6) is 0.387. The lowest BCUT2D eigenvalue weighted by atomic mass is 9.95. The number of hydrogen-bond donors (Lipinski definition) is 1. The Labute approximate surface area is 217 Å². The Hall–Kier alpha value is -4.24. The number of ether oxygens (including phenoxy) is 1. The van der Waals surface area contributed by atoms with Gasteiger partial charge in [0.25, 0.3) is 11.5 Å². The van der Waals surface area contributed by atoms with E-state index in [2.05, 4.69) is 10.4 Å². The standard InChI is InChI=1S/C28H27N5O3S/c1-5-32-16-20(17(2)31-32)15-23-27(35)33-25(19-11-13-22(36-4)14-12-19)24(18(3)29-28(33)37-23)26(34)30-21-9-7-6-8-10-21/h6-16,25H,5H2,1-4H3,(H,30,34). The third-order valence-electron chi connectivity index (χ3n) is 6.32. The second-order valence-corrected chi connectivity index (χ2v) is 9.71. The molecule has 0 saturated heterocycles. The maximum atomic E-state index is 13.8. The molecule has 4 aromatic rings. The first-order valence-corrected chi connectivity index (χ1v) is 12.8. The first-order chi connectivity index (χ1) is 17.9. The lowest BCUT2D eigenvalue weighted by Gasteiger charge is -2.25.